The second kappa shape index (κ2) is 6.43. The van der Waals surface area contributed by atoms with Gasteiger partial charge >= 0.3 is 0 Å². The molecule has 1 aromatic heterocycles. The van der Waals surface area contributed by atoms with E-state index in [1.807, 2.05) is 31.7 Å². The van der Waals surface area contributed by atoms with Gasteiger partial charge in [0.25, 0.3) is 0 Å². The zero-order valence-corrected chi connectivity index (χ0v) is 10.2. The molecule has 0 radical (unpaired) electrons. The Bertz CT molecular complexity index is 305. The van der Waals surface area contributed by atoms with Crippen molar-refractivity contribution in [2.24, 2.45) is 0 Å². The number of aryl methyl sites for hydroxylation is 1. The normalized spacial score (nSPS) is 15.4. The third-order valence-corrected chi connectivity index (χ3v) is 2.26. The van der Waals surface area contributed by atoms with E-state index in [1.54, 1.807) is 0 Å². The Kier molecular flexibility index (Phi) is 5.19. The quantitative estimate of drug-likeness (QED) is 0.687. The minimum atomic E-state index is -0.411. The molecule has 0 aliphatic carbocycles. The van der Waals surface area contributed by atoms with Gasteiger partial charge in [0, 0.05) is 13.1 Å². The Balaban J connectivity index is 0.000000606. The molecular weight excluding hydrogens is 207 g/mol. The highest BCUT2D eigenvalue weighted by atomic mass is 19.1. The molecule has 16 heavy (non-hydrogen) atoms. The molecule has 90 valence electrons. The summed E-state index contributed by atoms with van der Waals surface area (Å²) in [4.78, 5) is 5.90. The zero-order valence-electron chi connectivity index (χ0n) is 10.2. The molecule has 1 fully saturated rings. The van der Waals surface area contributed by atoms with Gasteiger partial charge < -0.3 is 9.64 Å². The van der Waals surface area contributed by atoms with Crippen LogP contribution in [0.3, 0.4) is 0 Å². The number of anilines is 1. The molecule has 0 aromatic carbocycles. The lowest BCUT2D eigenvalue weighted by Crippen LogP contribution is -2.36. The highest BCUT2D eigenvalue weighted by molar-refractivity contribution is 5.41. The van der Waals surface area contributed by atoms with Crippen LogP contribution in [-0.2, 0) is 4.74 Å². The Morgan fingerprint density at radius 3 is 2.44 bits per heavy atom. The van der Waals surface area contributed by atoms with Crippen LogP contribution in [0.4, 0.5) is 10.2 Å². The highest BCUT2D eigenvalue weighted by Crippen LogP contribution is 2.15. The van der Waals surface area contributed by atoms with Crippen molar-refractivity contribution in [3.05, 3.63) is 23.6 Å². The third kappa shape index (κ3) is 3.45. The van der Waals surface area contributed by atoms with Crippen LogP contribution in [0.2, 0.25) is 0 Å². The van der Waals surface area contributed by atoms with Gasteiger partial charge in [-0.3, -0.25) is 0 Å². The fraction of sp³-hybridized carbons (Fsp3) is 0.583. The summed E-state index contributed by atoms with van der Waals surface area (Å²) >= 11 is 0. The Hall–Kier alpha value is -1.16. The number of aromatic nitrogens is 1. The van der Waals surface area contributed by atoms with Crippen molar-refractivity contribution < 1.29 is 9.13 Å². The molecule has 0 bridgehead atoms. The third-order valence-electron chi connectivity index (χ3n) is 2.26. The van der Waals surface area contributed by atoms with Crippen LogP contribution in [0.1, 0.15) is 19.4 Å². The average molecular weight is 226 g/mol. The molecule has 0 spiro atoms. The number of pyridine rings is 1. The van der Waals surface area contributed by atoms with Gasteiger partial charge in [0.15, 0.2) is 0 Å². The Morgan fingerprint density at radius 2 is 1.88 bits per heavy atom. The van der Waals surface area contributed by atoms with Crippen LogP contribution in [0, 0.1) is 12.9 Å². The maximum Gasteiger partial charge on any atom is 0.215 e. The van der Waals surface area contributed by atoms with E-state index in [2.05, 4.69) is 4.98 Å². The van der Waals surface area contributed by atoms with E-state index < -0.39 is 5.95 Å². The summed E-state index contributed by atoms with van der Waals surface area (Å²) in [7, 11) is 0. The first kappa shape index (κ1) is 12.9. The van der Waals surface area contributed by atoms with Crippen LogP contribution in [-0.4, -0.2) is 31.3 Å². The molecule has 4 heteroatoms. The molecule has 1 aromatic rings. The topological polar surface area (TPSA) is 25.4 Å². The largest absolute Gasteiger partial charge is 0.378 e. The summed E-state index contributed by atoms with van der Waals surface area (Å²) in [6.45, 7) is 8.83. The number of halogens is 1. The monoisotopic (exact) mass is 226 g/mol. The van der Waals surface area contributed by atoms with Gasteiger partial charge in [-0.1, -0.05) is 13.8 Å². The average Bonchev–Trinajstić information content (AvgIpc) is 2.32. The summed E-state index contributed by atoms with van der Waals surface area (Å²) in [6, 6.07) is 3.33. The van der Waals surface area contributed by atoms with Crippen LogP contribution >= 0.6 is 0 Å². The number of nitrogens with zero attached hydrogens (tertiary/aromatic N) is 2. The SMILES string of the molecule is CC.Cc1cc(F)nc(N2CCOCC2)c1. The molecule has 2 heterocycles. The summed E-state index contributed by atoms with van der Waals surface area (Å²) in [5, 5.41) is 0. The van der Waals surface area contributed by atoms with Crippen molar-refractivity contribution in [1.29, 1.82) is 0 Å². The van der Waals surface area contributed by atoms with Crippen molar-refractivity contribution in [3.63, 3.8) is 0 Å². The summed E-state index contributed by atoms with van der Waals surface area (Å²) < 4.78 is 18.2. The molecule has 0 amide bonds. The van der Waals surface area contributed by atoms with Gasteiger partial charge in [0.2, 0.25) is 5.95 Å². The lowest BCUT2D eigenvalue weighted by molar-refractivity contribution is 0.122. The lowest BCUT2D eigenvalue weighted by Gasteiger charge is -2.27. The van der Waals surface area contributed by atoms with E-state index in [9.17, 15) is 4.39 Å². The van der Waals surface area contributed by atoms with Crippen molar-refractivity contribution in [1.82, 2.24) is 4.98 Å². The minimum absolute atomic E-state index is 0.411. The van der Waals surface area contributed by atoms with Gasteiger partial charge in [-0.15, -0.1) is 0 Å². The van der Waals surface area contributed by atoms with Crippen molar-refractivity contribution >= 4 is 5.82 Å². The predicted octanol–water partition coefficient (Wildman–Crippen LogP) is 2.39. The molecule has 0 atom stereocenters. The molecule has 1 saturated heterocycles. The maximum atomic E-state index is 13.0. The second-order valence-corrected chi connectivity index (χ2v) is 3.42. The first-order chi connectivity index (χ1) is 7.75. The second-order valence-electron chi connectivity index (χ2n) is 3.42. The number of ether oxygens (including phenoxy) is 1. The van der Waals surface area contributed by atoms with Crippen LogP contribution in [0.25, 0.3) is 0 Å². The van der Waals surface area contributed by atoms with Crippen molar-refractivity contribution in [3.8, 4) is 0 Å². The van der Waals surface area contributed by atoms with Gasteiger partial charge in [0.1, 0.15) is 5.82 Å². The molecule has 0 saturated carbocycles. The molecule has 3 nitrogen and oxygen atoms in total. The summed E-state index contributed by atoms with van der Waals surface area (Å²) in [6.07, 6.45) is 0. The summed E-state index contributed by atoms with van der Waals surface area (Å²) in [5.74, 6) is 0.303. The molecule has 0 N–H and O–H groups in total. The molecule has 1 aliphatic heterocycles. The van der Waals surface area contributed by atoms with E-state index in [4.69, 9.17) is 4.74 Å². The predicted molar refractivity (Wildman–Crippen MR) is 63.3 cm³/mol. The van der Waals surface area contributed by atoms with E-state index >= 15 is 0 Å². The van der Waals surface area contributed by atoms with E-state index in [-0.39, 0.29) is 0 Å². The standard InChI is InChI=1S/C10H13FN2O.C2H6/c1-8-6-9(11)12-10(7-8)13-2-4-14-5-3-13;1-2/h6-7H,2-5H2,1H3;1-2H3. The Labute approximate surface area is 96.2 Å². The van der Waals surface area contributed by atoms with Gasteiger partial charge in [-0.25, -0.2) is 4.98 Å². The van der Waals surface area contributed by atoms with Crippen LogP contribution in [0.15, 0.2) is 12.1 Å². The first-order valence-corrected chi connectivity index (χ1v) is 5.72. The number of hydrogen-bond donors (Lipinski definition) is 0. The zero-order chi connectivity index (χ0) is 12.0. The van der Waals surface area contributed by atoms with Crippen molar-refractivity contribution in [2.75, 3.05) is 31.2 Å². The fourth-order valence-electron chi connectivity index (χ4n) is 1.56. The van der Waals surface area contributed by atoms with E-state index in [0.29, 0.717) is 19.0 Å². The molecule has 1 aliphatic rings. The van der Waals surface area contributed by atoms with E-state index in [0.717, 1.165) is 18.7 Å². The summed E-state index contributed by atoms with van der Waals surface area (Å²) in [5.41, 5.74) is 0.902. The number of morpholine rings is 1. The van der Waals surface area contributed by atoms with Crippen LogP contribution in [0.5, 0.6) is 0 Å². The highest BCUT2D eigenvalue weighted by Gasteiger charge is 2.13. The van der Waals surface area contributed by atoms with E-state index in [1.165, 1.54) is 6.07 Å². The van der Waals surface area contributed by atoms with Gasteiger partial charge in [-0.05, 0) is 24.6 Å². The molecule has 2 rings (SSSR count). The molecule has 0 unspecified atom stereocenters. The first-order valence-electron chi connectivity index (χ1n) is 5.72. The lowest BCUT2D eigenvalue weighted by atomic mass is 10.3. The number of rotatable bonds is 1. The fourth-order valence-corrected chi connectivity index (χ4v) is 1.56. The smallest absolute Gasteiger partial charge is 0.215 e. The minimum Gasteiger partial charge on any atom is -0.378 e. The number of hydrogen-bond acceptors (Lipinski definition) is 3. The van der Waals surface area contributed by atoms with Crippen molar-refractivity contribution in [2.45, 2.75) is 20.8 Å². The van der Waals surface area contributed by atoms with Gasteiger partial charge in [0.05, 0.1) is 13.2 Å². The van der Waals surface area contributed by atoms with Gasteiger partial charge in [-0.2, -0.15) is 4.39 Å². The Morgan fingerprint density at radius 1 is 1.25 bits per heavy atom. The maximum absolute atomic E-state index is 13.0. The van der Waals surface area contributed by atoms with Crippen LogP contribution < -0.4 is 4.90 Å². The molecular formula is C12H19FN2O.